The van der Waals surface area contributed by atoms with Gasteiger partial charge in [-0.25, -0.2) is 0 Å². The van der Waals surface area contributed by atoms with E-state index in [0.717, 1.165) is 0 Å². The molecule has 0 saturated carbocycles. The number of amides is 1. The van der Waals surface area contributed by atoms with Crippen LogP contribution in [0.3, 0.4) is 0 Å². The highest BCUT2D eigenvalue weighted by Gasteiger charge is 2.29. The minimum atomic E-state index is -0.740. The van der Waals surface area contributed by atoms with E-state index in [2.05, 4.69) is 15.5 Å². The maximum atomic E-state index is 12.0. The molecule has 1 aromatic heterocycles. The molecular weight excluding hydrogens is 335 g/mol. The van der Waals surface area contributed by atoms with Crippen LogP contribution in [0.15, 0.2) is 18.2 Å². The molecule has 22 heavy (non-hydrogen) atoms. The Bertz CT molecular complexity index is 732. The monoisotopic (exact) mass is 344 g/mol. The number of carbonyl (C=O) groups is 1. The zero-order chi connectivity index (χ0) is 16.3. The first kappa shape index (κ1) is 16.1. The fourth-order valence-corrected chi connectivity index (χ4v) is 2.03. The molecule has 1 amide bonds. The van der Waals surface area contributed by atoms with Crippen molar-refractivity contribution in [3.05, 3.63) is 49.6 Å². The number of H-pyrrole nitrogens is 1. The third-order valence-corrected chi connectivity index (χ3v) is 3.49. The van der Waals surface area contributed by atoms with Crippen LogP contribution in [0.2, 0.25) is 10.0 Å². The van der Waals surface area contributed by atoms with Crippen LogP contribution in [0.4, 0.5) is 5.69 Å². The number of ether oxygens (including phenoxy) is 1. The second-order valence-electron chi connectivity index (χ2n) is 4.14. The lowest BCUT2D eigenvalue weighted by molar-refractivity contribution is -0.386. The molecule has 0 bridgehead atoms. The number of hydrogen-bond acceptors (Lipinski definition) is 5. The van der Waals surface area contributed by atoms with E-state index in [1.54, 1.807) is 18.2 Å². The molecule has 0 radical (unpaired) electrons. The average Bonchev–Trinajstić information content (AvgIpc) is 2.92. The Morgan fingerprint density at radius 1 is 1.45 bits per heavy atom. The van der Waals surface area contributed by atoms with Crippen LogP contribution < -0.4 is 10.1 Å². The highest BCUT2D eigenvalue weighted by molar-refractivity contribution is 6.42. The van der Waals surface area contributed by atoms with Gasteiger partial charge in [0.2, 0.25) is 5.69 Å². The summed E-state index contributed by atoms with van der Waals surface area (Å²) in [5.74, 6) is -0.946. The zero-order valence-corrected chi connectivity index (χ0v) is 12.7. The molecular formula is C12H10Cl2N4O4. The molecule has 8 nitrogen and oxygen atoms in total. The predicted molar refractivity (Wildman–Crippen MR) is 79.4 cm³/mol. The standard InChI is InChI=1S/C12H10Cl2N4O4/c1-22-12-10(18(20)21)9(16-17-12)11(19)15-5-6-2-3-7(13)8(14)4-6/h2-4H,5H2,1H3,(H,15,19)(H,16,17). The molecule has 0 fully saturated rings. The average molecular weight is 345 g/mol. The van der Waals surface area contributed by atoms with Gasteiger partial charge in [-0.2, -0.15) is 0 Å². The summed E-state index contributed by atoms with van der Waals surface area (Å²) in [6, 6.07) is 4.86. The lowest BCUT2D eigenvalue weighted by Crippen LogP contribution is -2.24. The van der Waals surface area contributed by atoms with Crippen molar-refractivity contribution in [3.63, 3.8) is 0 Å². The van der Waals surface area contributed by atoms with E-state index >= 15 is 0 Å². The molecule has 0 aliphatic heterocycles. The van der Waals surface area contributed by atoms with Crippen molar-refractivity contribution in [3.8, 4) is 5.88 Å². The Hall–Kier alpha value is -2.32. The topological polar surface area (TPSA) is 110 Å². The van der Waals surface area contributed by atoms with Crippen LogP contribution in [0.1, 0.15) is 16.1 Å². The summed E-state index contributed by atoms with van der Waals surface area (Å²) in [5.41, 5.74) is -0.118. The number of nitrogens with zero attached hydrogens (tertiary/aromatic N) is 2. The summed E-state index contributed by atoms with van der Waals surface area (Å²) < 4.78 is 4.73. The highest BCUT2D eigenvalue weighted by Crippen LogP contribution is 2.27. The summed E-state index contributed by atoms with van der Waals surface area (Å²) in [7, 11) is 1.22. The van der Waals surface area contributed by atoms with Crippen LogP contribution in [0.25, 0.3) is 0 Å². The van der Waals surface area contributed by atoms with E-state index < -0.39 is 16.5 Å². The molecule has 10 heteroatoms. The van der Waals surface area contributed by atoms with Crippen LogP contribution in [-0.4, -0.2) is 28.1 Å². The molecule has 2 rings (SSSR count). The molecule has 1 aromatic carbocycles. The van der Waals surface area contributed by atoms with Crippen molar-refractivity contribution < 1.29 is 14.5 Å². The molecule has 2 N–H and O–H groups in total. The number of methoxy groups -OCH3 is 1. The maximum absolute atomic E-state index is 12.0. The van der Waals surface area contributed by atoms with Crippen molar-refractivity contribution in [2.45, 2.75) is 6.54 Å². The Morgan fingerprint density at radius 3 is 2.77 bits per heavy atom. The van der Waals surface area contributed by atoms with Gasteiger partial charge in [0.1, 0.15) is 0 Å². The maximum Gasteiger partial charge on any atom is 0.362 e. The predicted octanol–water partition coefficient (Wildman–Crippen LogP) is 2.56. The summed E-state index contributed by atoms with van der Waals surface area (Å²) in [5, 5.41) is 20.1. The minimum absolute atomic E-state index is 0.119. The van der Waals surface area contributed by atoms with Crippen molar-refractivity contribution >= 4 is 34.8 Å². The normalized spacial score (nSPS) is 10.3. The molecule has 0 spiro atoms. The first-order valence-electron chi connectivity index (χ1n) is 5.93. The van der Waals surface area contributed by atoms with E-state index in [-0.39, 0.29) is 18.1 Å². The lowest BCUT2D eigenvalue weighted by Gasteiger charge is -2.05. The fraction of sp³-hybridized carbons (Fsp3) is 0.167. The Kier molecular flexibility index (Phi) is 4.84. The molecule has 2 aromatic rings. The van der Waals surface area contributed by atoms with E-state index in [1.807, 2.05) is 0 Å². The Balaban J connectivity index is 2.14. The van der Waals surface area contributed by atoms with Crippen molar-refractivity contribution in [1.29, 1.82) is 0 Å². The first-order chi connectivity index (χ1) is 10.4. The van der Waals surface area contributed by atoms with Gasteiger partial charge in [-0.3, -0.25) is 20.0 Å². The van der Waals surface area contributed by atoms with Crippen LogP contribution in [-0.2, 0) is 6.54 Å². The van der Waals surface area contributed by atoms with Crippen LogP contribution in [0, 0.1) is 10.1 Å². The molecule has 0 unspecified atom stereocenters. The molecule has 0 aliphatic carbocycles. The SMILES string of the molecule is COc1n[nH]c(C(=O)NCc2ccc(Cl)c(Cl)c2)c1[N+](=O)[O-]. The molecule has 1 heterocycles. The minimum Gasteiger partial charge on any atom is -0.475 e. The number of halogens is 2. The molecule has 0 atom stereocenters. The first-order valence-corrected chi connectivity index (χ1v) is 6.68. The lowest BCUT2D eigenvalue weighted by atomic mass is 10.2. The van der Waals surface area contributed by atoms with Gasteiger partial charge in [0.05, 0.1) is 22.1 Å². The smallest absolute Gasteiger partial charge is 0.362 e. The number of nitro groups is 1. The second kappa shape index (κ2) is 6.63. The zero-order valence-electron chi connectivity index (χ0n) is 11.2. The number of benzene rings is 1. The largest absolute Gasteiger partial charge is 0.475 e. The Morgan fingerprint density at radius 2 is 2.18 bits per heavy atom. The quantitative estimate of drug-likeness (QED) is 0.639. The number of aromatic amines is 1. The summed E-state index contributed by atoms with van der Waals surface area (Å²) in [6.07, 6.45) is 0. The third kappa shape index (κ3) is 3.29. The van der Waals surface area contributed by atoms with E-state index in [9.17, 15) is 14.9 Å². The van der Waals surface area contributed by atoms with E-state index in [1.165, 1.54) is 7.11 Å². The molecule has 116 valence electrons. The van der Waals surface area contributed by atoms with Gasteiger partial charge < -0.3 is 10.1 Å². The van der Waals surface area contributed by atoms with Crippen LogP contribution >= 0.6 is 23.2 Å². The number of hydrogen-bond donors (Lipinski definition) is 2. The van der Waals surface area contributed by atoms with E-state index in [0.29, 0.717) is 15.6 Å². The highest BCUT2D eigenvalue weighted by atomic mass is 35.5. The van der Waals surface area contributed by atoms with Crippen molar-refractivity contribution in [2.24, 2.45) is 0 Å². The number of aromatic nitrogens is 2. The van der Waals surface area contributed by atoms with Gasteiger partial charge in [0.15, 0.2) is 0 Å². The van der Waals surface area contributed by atoms with Crippen molar-refractivity contribution in [2.75, 3.05) is 7.11 Å². The van der Waals surface area contributed by atoms with Gasteiger partial charge in [-0.15, -0.1) is 5.10 Å². The number of carbonyl (C=O) groups excluding carboxylic acids is 1. The molecule has 0 saturated heterocycles. The Labute approximate surface area is 134 Å². The number of nitrogens with one attached hydrogen (secondary N) is 2. The van der Waals surface area contributed by atoms with Gasteiger partial charge in [-0.1, -0.05) is 29.3 Å². The van der Waals surface area contributed by atoms with E-state index in [4.69, 9.17) is 27.9 Å². The van der Waals surface area contributed by atoms with Gasteiger partial charge >= 0.3 is 11.6 Å². The fourth-order valence-electron chi connectivity index (χ4n) is 1.71. The number of rotatable bonds is 5. The van der Waals surface area contributed by atoms with Crippen molar-refractivity contribution in [1.82, 2.24) is 15.5 Å². The van der Waals surface area contributed by atoms with Gasteiger partial charge in [0.25, 0.3) is 5.91 Å². The van der Waals surface area contributed by atoms with Crippen LogP contribution in [0.5, 0.6) is 5.88 Å². The van der Waals surface area contributed by atoms with Gasteiger partial charge in [0, 0.05) is 6.54 Å². The third-order valence-electron chi connectivity index (χ3n) is 2.75. The second-order valence-corrected chi connectivity index (χ2v) is 4.96. The summed E-state index contributed by atoms with van der Waals surface area (Å²) >= 11 is 11.7. The molecule has 0 aliphatic rings. The van der Waals surface area contributed by atoms with Gasteiger partial charge in [-0.05, 0) is 17.7 Å². The summed E-state index contributed by atoms with van der Waals surface area (Å²) in [6.45, 7) is 0.119. The summed E-state index contributed by atoms with van der Waals surface area (Å²) in [4.78, 5) is 22.3.